The van der Waals surface area contributed by atoms with Gasteiger partial charge in [0.1, 0.15) is 17.3 Å². The van der Waals surface area contributed by atoms with Crippen LogP contribution < -0.4 is 5.32 Å². The summed E-state index contributed by atoms with van der Waals surface area (Å²) < 4.78 is 12.8. The summed E-state index contributed by atoms with van der Waals surface area (Å²) in [5, 5.41) is 3.06. The number of nitrogens with zero attached hydrogens (tertiary/aromatic N) is 3. The van der Waals surface area contributed by atoms with E-state index in [1.807, 2.05) is 14.0 Å². The van der Waals surface area contributed by atoms with Gasteiger partial charge in [-0.2, -0.15) is 0 Å². The lowest BCUT2D eigenvalue weighted by molar-refractivity contribution is 0.621. The van der Waals surface area contributed by atoms with Gasteiger partial charge in [0, 0.05) is 18.3 Å². The van der Waals surface area contributed by atoms with Crippen LogP contribution in [0.2, 0.25) is 0 Å². The molecule has 0 aromatic carbocycles. The molecule has 2 aromatic heterocycles. The van der Waals surface area contributed by atoms with Crippen molar-refractivity contribution < 1.29 is 4.39 Å². The number of anilines is 1. The molecule has 0 atom stereocenters. The topological polar surface area (TPSA) is 50.7 Å². The van der Waals surface area contributed by atoms with Gasteiger partial charge in [-0.3, -0.25) is 0 Å². The zero-order valence-electron chi connectivity index (χ0n) is 10.7. The van der Waals surface area contributed by atoms with Crippen LogP contribution in [0.1, 0.15) is 18.2 Å². The molecule has 2 heterocycles. The Morgan fingerprint density at radius 2 is 2.06 bits per heavy atom. The van der Waals surface area contributed by atoms with Crippen molar-refractivity contribution >= 4 is 5.82 Å². The predicted molar refractivity (Wildman–Crippen MR) is 68.9 cm³/mol. The summed E-state index contributed by atoms with van der Waals surface area (Å²) in [5.74, 6) is 0.940. The Bertz CT molecular complexity index is 552. The van der Waals surface area contributed by atoms with Gasteiger partial charge in [0.05, 0.1) is 6.20 Å². The monoisotopic (exact) mass is 246 g/mol. The third-order valence-corrected chi connectivity index (χ3v) is 2.76. The minimum atomic E-state index is -0.366. The fourth-order valence-electron chi connectivity index (χ4n) is 1.85. The van der Waals surface area contributed by atoms with Crippen molar-refractivity contribution in [2.75, 3.05) is 12.4 Å². The number of hydrogen-bond donors (Lipinski definition) is 1. The normalized spacial score (nSPS) is 10.4. The molecule has 0 aliphatic rings. The molecule has 0 saturated carbocycles. The van der Waals surface area contributed by atoms with Gasteiger partial charge in [-0.25, -0.2) is 19.3 Å². The quantitative estimate of drug-likeness (QED) is 0.904. The molecule has 5 heteroatoms. The Balaban J connectivity index is 2.52. The molecule has 0 spiro atoms. The van der Waals surface area contributed by atoms with Crippen molar-refractivity contribution in [3.05, 3.63) is 35.4 Å². The maximum atomic E-state index is 12.8. The summed E-state index contributed by atoms with van der Waals surface area (Å²) in [6.07, 6.45) is 2.03. The van der Waals surface area contributed by atoms with E-state index >= 15 is 0 Å². The highest BCUT2D eigenvalue weighted by Crippen LogP contribution is 2.21. The molecule has 18 heavy (non-hydrogen) atoms. The van der Waals surface area contributed by atoms with Crippen molar-refractivity contribution in [2.45, 2.75) is 20.3 Å². The molecule has 1 N–H and O–H groups in total. The average Bonchev–Trinajstić information content (AvgIpc) is 2.38. The highest BCUT2D eigenvalue weighted by atomic mass is 19.1. The number of hydrogen-bond acceptors (Lipinski definition) is 4. The SMILES string of the molecule is CCc1c(C)nc(-c2ccc(F)cn2)nc1NC. The average molecular weight is 246 g/mol. The largest absolute Gasteiger partial charge is 0.373 e. The Labute approximate surface area is 105 Å². The second-order valence-electron chi connectivity index (χ2n) is 3.92. The van der Waals surface area contributed by atoms with E-state index in [4.69, 9.17) is 0 Å². The van der Waals surface area contributed by atoms with Crippen molar-refractivity contribution in [3.63, 3.8) is 0 Å². The number of nitrogens with one attached hydrogen (secondary N) is 1. The molecule has 2 rings (SSSR count). The van der Waals surface area contributed by atoms with Gasteiger partial charge in [0.15, 0.2) is 5.82 Å². The van der Waals surface area contributed by atoms with Crippen molar-refractivity contribution in [1.82, 2.24) is 15.0 Å². The molecule has 0 unspecified atom stereocenters. The van der Waals surface area contributed by atoms with E-state index in [0.29, 0.717) is 11.5 Å². The second kappa shape index (κ2) is 5.08. The van der Waals surface area contributed by atoms with Gasteiger partial charge < -0.3 is 5.32 Å². The number of halogens is 1. The molecule has 4 nitrogen and oxygen atoms in total. The summed E-state index contributed by atoms with van der Waals surface area (Å²) in [6, 6.07) is 2.93. The van der Waals surface area contributed by atoms with Crippen LogP contribution in [0.5, 0.6) is 0 Å². The molecule has 0 bridgehead atoms. The van der Waals surface area contributed by atoms with E-state index in [1.54, 1.807) is 6.07 Å². The highest BCUT2D eigenvalue weighted by molar-refractivity contribution is 5.56. The summed E-state index contributed by atoms with van der Waals surface area (Å²) in [6.45, 7) is 4.00. The highest BCUT2D eigenvalue weighted by Gasteiger charge is 2.11. The minimum absolute atomic E-state index is 0.366. The van der Waals surface area contributed by atoms with Gasteiger partial charge in [-0.1, -0.05) is 6.92 Å². The number of rotatable bonds is 3. The molecule has 0 radical (unpaired) electrons. The molecule has 0 fully saturated rings. The minimum Gasteiger partial charge on any atom is -0.373 e. The Morgan fingerprint density at radius 3 is 2.61 bits per heavy atom. The van der Waals surface area contributed by atoms with Crippen LogP contribution >= 0.6 is 0 Å². The molecule has 0 aliphatic carbocycles. The summed E-state index contributed by atoms with van der Waals surface area (Å²) in [7, 11) is 1.82. The summed E-state index contributed by atoms with van der Waals surface area (Å²) >= 11 is 0. The van der Waals surface area contributed by atoms with E-state index in [-0.39, 0.29) is 5.82 Å². The lowest BCUT2D eigenvalue weighted by atomic mass is 10.1. The third kappa shape index (κ3) is 2.30. The maximum Gasteiger partial charge on any atom is 0.180 e. The van der Waals surface area contributed by atoms with Crippen LogP contribution in [0.3, 0.4) is 0 Å². The molecule has 94 valence electrons. The van der Waals surface area contributed by atoms with E-state index < -0.39 is 0 Å². The molecule has 2 aromatic rings. The van der Waals surface area contributed by atoms with Crippen LogP contribution in [0, 0.1) is 12.7 Å². The summed E-state index contributed by atoms with van der Waals surface area (Å²) in [5.41, 5.74) is 2.57. The lowest BCUT2D eigenvalue weighted by Crippen LogP contribution is -2.05. The Hall–Kier alpha value is -2.04. The second-order valence-corrected chi connectivity index (χ2v) is 3.92. The molecular weight excluding hydrogens is 231 g/mol. The number of aryl methyl sites for hydroxylation is 1. The molecule has 0 aliphatic heterocycles. The number of pyridine rings is 1. The third-order valence-electron chi connectivity index (χ3n) is 2.76. The van der Waals surface area contributed by atoms with Crippen LogP contribution in [0.25, 0.3) is 11.5 Å². The summed E-state index contributed by atoms with van der Waals surface area (Å²) in [4.78, 5) is 12.8. The van der Waals surface area contributed by atoms with Gasteiger partial charge >= 0.3 is 0 Å². The van der Waals surface area contributed by atoms with Crippen LogP contribution in [-0.4, -0.2) is 22.0 Å². The smallest absolute Gasteiger partial charge is 0.180 e. The predicted octanol–water partition coefficient (Wildman–Crippen LogP) is 2.59. The van der Waals surface area contributed by atoms with E-state index in [2.05, 4.69) is 27.2 Å². The van der Waals surface area contributed by atoms with Gasteiger partial charge in [0.25, 0.3) is 0 Å². The Morgan fingerprint density at radius 1 is 1.28 bits per heavy atom. The van der Waals surface area contributed by atoms with Crippen molar-refractivity contribution in [3.8, 4) is 11.5 Å². The van der Waals surface area contributed by atoms with E-state index in [1.165, 1.54) is 12.3 Å². The van der Waals surface area contributed by atoms with Gasteiger partial charge in [0.2, 0.25) is 0 Å². The first kappa shape index (κ1) is 12.4. The lowest BCUT2D eigenvalue weighted by Gasteiger charge is -2.11. The number of aromatic nitrogens is 3. The fraction of sp³-hybridized carbons (Fsp3) is 0.308. The molecule has 0 amide bonds. The first-order valence-electron chi connectivity index (χ1n) is 5.83. The van der Waals surface area contributed by atoms with Gasteiger partial charge in [-0.15, -0.1) is 0 Å². The van der Waals surface area contributed by atoms with Crippen LogP contribution in [-0.2, 0) is 6.42 Å². The van der Waals surface area contributed by atoms with Crippen LogP contribution in [0.15, 0.2) is 18.3 Å². The fourth-order valence-corrected chi connectivity index (χ4v) is 1.85. The molecule has 0 saturated heterocycles. The standard InChI is InChI=1S/C13H15FN4/c1-4-10-8(2)17-13(18-12(10)15-3)11-6-5-9(14)7-16-11/h5-7H,4H2,1-3H3,(H,15,17,18). The van der Waals surface area contributed by atoms with Crippen molar-refractivity contribution in [1.29, 1.82) is 0 Å². The van der Waals surface area contributed by atoms with Crippen LogP contribution in [0.4, 0.5) is 10.2 Å². The maximum absolute atomic E-state index is 12.8. The molecular formula is C13H15FN4. The van der Waals surface area contributed by atoms with E-state index in [9.17, 15) is 4.39 Å². The van der Waals surface area contributed by atoms with Crippen molar-refractivity contribution in [2.24, 2.45) is 0 Å². The zero-order chi connectivity index (χ0) is 13.1. The Kier molecular flexibility index (Phi) is 3.50. The van der Waals surface area contributed by atoms with E-state index in [0.717, 1.165) is 23.5 Å². The zero-order valence-corrected chi connectivity index (χ0v) is 10.7. The first-order chi connectivity index (χ1) is 8.65. The first-order valence-corrected chi connectivity index (χ1v) is 5.83. The van der Waals surface area contributed by atoms with Gasteiger partial charge in [-0.05, 0) is 25.5 Å².